The number of para-hydroxylation sites is 2. The number of benzene rings is 1. The highest BCUT2D eigenvalue weighted by Gasteiger charge is 2.36. The number of carbonyl (C=O) groups excluding carboxylic acids is 1. The van der Waals surface area contributed by atoms with Crippen molar-refractivity contribution in [3.63, 3.8) is 0 Å². The number of fused-ring (bicyclic) bond motifs is 1. The number of hydrogen-bond donors (Lipinski definition) is 3. The fraction of sp³-hybridized carbons (Fsp3) is 0.318. The number of H-pyrrole nitrogens is 1. The largest absolute Gasteiger partial charge is 0.368 e. The van der Waals surface area contributed by atoms with E-state index < -0.39 is 0 Å². The molecule has 160 valence electrons. The highest BCUT2D eigenvalue weighted by molar-refractivity contribution is 8.03. The van der Waals surface area contributed by atoms with E-state index in [0.29, 0.717) is 28.9 Å². The number of carbonyl (C=O) groups is 1. The fourth-order valence-corrected chi connectivity index (χ4v) is 5.13. The number of likely N-dealkylation sites (tertiary alicyclic amines) is 1. The minimum absolute atomic E-state index is 0.127. The minimum Gasteiger partial charge on any atom is -0.368 e. The topological polar surface area (TPSA) is 85.9 Å². The van der Waals surface area contributed by atoms with Gasteiger partial charge in [-0.1, -0.05) is 23.7 Å². The molecule has 0 radical (unpaired) electrons. The molecule has 1 fully saturated rings. The number of nitrogens with one attached hydrogen (secondary N) is 3. The van der Waals surface area contributed by atoms with Gasteiger partial charge in [0.15, 0.2) is 0 Å². The van der Waals surface area contributed by atoms with Crippen molar-refractivity contribution < 1.29 is 4.79 Å². The van der Waals surface area contributed by atoms with Crippen molar-refractivity contribution in [3.05, 3.63) is 70.2 Å². The second kappa shape index (κ2) is 8.90. The Morgan fingerprint density at radius 2 is 2.13 bits per heavy atom. The molecule has 31 heavy (non-hydrogen) atoms. The summed E-state index contributed by atoms with van der Waals surface area (Å²) in [4.78, 5) is 27.1. The van der Waals surface area contributed by atoms with Crippen LogP contribution in [0.4, 0.5) is 0 Å². The van der Waals surface area contributed by atoms with E-state index >= 15 is 0 Å². The first-order valence-electron chi connectivity index (χ1n) is 10.3. The first-order chi connectivity index (χ1) is 15.2. The quantitative estimate of drug-likeness (QED) is 0.509. The van der Waals surface area contributed by atoms with Gasteiger partial charge in [0.25, 0.3) is 5.91 Å². The molecule has 2 aromatic heterocycles. The molecule has 5 rings (SSSR count). The second-order valence-corrected chi connectivity index (χ2v) is 9.24. The standard InChI is InChI=1S/C22H23ClN6OS/c23-15-4-3-8-24-18(15)10-25-21(30)19-13-31-22(28-19)14-11-29(12-14)9-7-20-26-16-5-1-2-6-17(16)27-20/h1-6,8,13-14,22,28H,7,9-12H2,(H,25,30)(H,26,27). The number of amides is 1. The van der Waals surface area contributed by atoms with E-state index in [-0.39, 0.29) is 11.3 Å². The monoisotopic (exact) mass is 454 g/mol. The lowest BCUT2D eigenvalue weighted by molar-refractivity contribution is -0.118. The summed E-state index contributed by atoms with van der Waals surface area (Å²) in [7, 11) is 0. The van der Waals surface area contributed by atoms with Crippen LogP contribution in [0.1, 0.15) is 11.5 Å². The van der Waals surface area contributed by atoms with E-state index in [1.54, 1.807) is 30.1 Å². The molecule has 1 saturated heterocycles. The van der Waals surface area contributed by atoms with Crippen molar-refractivity contribution in [2.45, 2.75) is 18.3 Å². The molecule has 0 spiro atoms. The third-order valence-corrected chi connectivity index (χ3v) is 7.15. The third-order valence-electron chi connectivity index (χ3n) is 5.64. The van der Waals surface area contributed by atoms with Crippen molar-refractivity contribution >= 4 is 40.3 Å². The molecule has 0 saturated carbocycles. The lowest BCUT2D eigenvalue weighted by atomic mass is 9.99. The molecule has 3 N–H and O–H groups in total. The minimum atomic E-state index is -0.127. The first kappa shape index (κ1) is 20.4. The van der Waals surface area contributed by atoms with Crippen LogP contribution < -0.4 is 10.6 Å². The Balaban J connectivity index is 1.04. The van der Waals surface area contributed by atoms with Crippen LogP contribution in [0, 0.1) is 5.92 Å². The lowest BCUT2D eigenvalue weighted by Crippen LogP contribution is -2.54. The lowest BCUT2D eigenvalue weighted by Gasteiger charge is -2.42. The normalized spacial score (nSPS) is 19.1. The molecule has 1 unspecified atom stereocenters. The number of halogens is 1. The molecule has 2 aliphatic heterocycles. The van der Waals surface area contributed by atoms with Gasteiger partial charge in [0, 0.05) is 43.6 Å². The number of rotatable bonds is 7. The number of aromatic amines is 1. The molecular formula is C22H23ClN6OS. The van der Waals surface area contributed by atoms with Gasteiger partial charge in [-0.05, 0) is 24.3 Å². The van der Waals surface area contributed by atoms with Crippen LogP contribution in [0.5, 0.6) is 0 Å². The number of pyridine rings is 1. The summed E-state index contributed by atoms with van der Waals surface area (Å²) in [5.74, 6) is 1.43. The van der Waals surface area contributed by atoms with Crippen LogP contribution in [-0.2, 0) is 17.8 Å². The number of hydrogen-bond acceptors (Lipinski definition) is 6. The summed E-state index contributed by atoms with van der Waals surface area (Å²) in [6.07, 6.45) is 2.58. The number of thioether (sulfide) groups is 1. The molecule has 1 aromatic carbocycles. The van der Waals surface area contributed by atoms with E-state index in [9.17, 15) is 4.79 Å². The van der Waals surface area contributed by atoms with Crippen molar-refractivity contribution in [1.82, 2.24) is 30.5 Å². The van der Waals surface area contributed by atoms with Gasteiger partial charge < -0.3 is 20.5 Å². The summed E-state index contributed by atoms with van der Waals surface area (Å²) in [5, 5.41) is 8.96. The number of aromatic nitrogens is 3. The van der Waals surface area contributed by atoms with Crippen LogP contribution in [0.15, 0.2) is 53.7 Å². The Kier molecular flexibility index (Phi) is 5.85. The van der Waals surface area contributed by atoms with Gasteiger partial charge in [0.2, 0.25) is 0 Å². The van der Waals surface area contributed by atoms with Crippen molar-refractivity contribution in [1.29, 1.82) is 0 Å². The van der Waals surface area contributed by atoms with Gasteiger partial charge in [-0.15, -0.1) is 11.8 Å². The van der Waals surface area contributed by atoms with Gasteiger partial charge >= 0.3 is 0 Å². The predicted molar refractivity (Wildman–Crippen MR) is 123 cm³/mol. The fourth-order valence-electron chi connectivity index (χ4n) is 3.89. The van der Waals surface area contributed by atoms with E-state index in [2.05, 4.69) is 36.6 Å². The molecule has 9 heteroatoms. The Hall–Kier alpha value is -2.55. The van der Waals surface area contributed by atoms with Crippen molar-refractivity contribution in [2.75, 3.05) is 19.6 Å². The maximum Gasteiger partial charge on any atom is 0.268 e. The maximum absolute atomic E-state index is 12.5. The smallest absolute Gasteiger partial charge is 0.268 e. The average Bonchev–Trinajstić information content (AvgIpc) is 3.39. The van der Waals surface area contributed by atoms with Crippen LogP contribution in [0.3, 0.4) is 0 Å². The van der Waals surface area contributed by atoms with Crippen LogP contribution in [0.2, 0.25) is 5.02 Å². The van der Waals surface area contributed by atoms with E-state index in [1.807, 2.05) is 23.6 Å². The summed E-state index contributed by atoms with van der Waals surface area (Å²) in [5.41, 5.74) is 3.39. The number of imidazole rings is 1. The molecule has 4 heterocycles. The molecule has 0 bridgehead atoms. The van der Waals surface area contributed by atoms with Gasteiger partial charge in [0.05, 0.1) is 33.7 Å². The van der Waals surface area contributed by atoms with Crippen LogP contribution in [-0.4, -0.2) is 50.8 Å². The average molecular weight is 455 g/mol. The Bertz CT molecular complexity index is 1090. The summed E-state index contributed by atoms with van der Waals surface area (Å²) in [6.45, 7) is 3.35. The Labute approximate surface area is 189 Å². The molecular weight excluding hydrogens is 432 g/mol. The zero-order valence-corrected chi connectivity index (χ0v) is 18.4. The van der Waals surface area contributed by atoms with Gasteiger partial charge in [0.1, 0.15) is 11.5 Å². The second-order valence-electron chi connectivity index (χ2n) is 7.82. The summed E-state index contributed by atoms with van der Waals surface area (Å²) >= 11 is 7.78. The summed E-state index contributed by atoms with van der Waals surface area (Å²) < 4.78 is 0. The molecule has 3 aromatic rings. The van der Waals surface area contributed by atoms with Gasteiger partial charge in [-0.2, -0.15) is 0 Å². The van der Waals surface area contributed by atoms with Gasteiger partial charge in [-0.25, -0.2) is 4.98 Å². The first-order valence-corrected chi connectivity index (χ1v) is 11.6. The van der Waals surface area contributed by atoms with Crippen molar-refractivity contribution in [3.8, 4) is 0 Å². The zero-order chi connectivity index (χ0) is 21.2. The third kappa shape index (κ3) is 4.56. The van der Waals surface area contributed by atoms with E-state index in [0.717, 1.165) is 42.9 Å². The summed E-state index contributed by atoms with van der Waals surface area (Å²) in [6, 6.07) is 11.7. The SMILES string of the molecule is O=C(NCc1ncccc1Cl)C1=CSC(C2CN(CCc3nc4ccccc4[nH]3)C2)N1. The highest BCUT2D eigenvalue weighted by atomic mass is 35.5. The van der Waals surface area contributed by atoms with Crippen molar-refractivity contribution in [2.24, 2.45) is 5.92 Å². The zero-order valence-electron chi connectivity index (χ0n) is 16.8. The maximum atomic E-state index is 12.5. The van der Waals surface area contributed by atoms with E-state index in [1.165, 1.54) is 0 Å². The van der Waals surface area contributed by atoms with Crippen LogP contribution in [0.25, 0.3) is 11.0 Å². The molecule has 1 atom stereocenters. The molecule has 2 aliphatic rings. The Morgan fingerprint density at radius 3 is 2.97 bits per heavy atom. The predicted octanol–water partition coefficient (Wildman–Crippen LogP) is 2.91. The molecule has 0 aliphatic carbocycles. The molecule has 7 nitrogen and oxygen atoms in total. The Morgan fingerprint density at radius 1 is 1.26 bits per heavy atom. The van der Waals surface area contributed by atoms with E-state index in [4.69, 9.17) is 11.6 Å². The van der Waals surface area contributed by atoms with Crippen LogP contribution >= 0.6 is 23.4 Å². The van der Waals surface area contributed by atoms with Gasteiger partial charge in [-0.3, -0.25) is 9.78 Å². The highest BCUT2D eigenvalue weighted by Crippen LogP contribution is 2.32. The number of nitrogens with zero attached hydrogens (tertiary/aromatic N) is 3. The molecule has 1 amide bonds.